The fourth-order valence-corrected chi connectivity index (χ4v) is 5.58. The van der Waals surface area contributed by atoms with Crippen molar-refractivity contribution in [2.24, 2.45) is 0 Å². The third kappa shape index (κ3) is 10.9. The van der Waals surface area contributed by atoms with Crippen LogP contribution in [0.5, 0.6) is 23.0 Å². The van der Waals surface area contributed by atoms with E-state index < -0.39 is 53.0 Å². The van der Waals surface area contributed by atoms with E-state index in [1.165, 1.54) is 0 Å². The fraction of sp³-hybridized carbons (Fsp3) is 0.333. The van der Waals surface area contributed by atoms with Gasteiger partial charge in [0.25, 0.3) is 0 Å². The van der Waals surface area contributed by atoms with E-state index in [0.717, 1.165) is 0 Å². The summed E-state index contributed by atoms with van der Waals surface area (Å²) in [5, 5.41) is 0. The van der Waals surface area contributed by atoms with Gasteiger partial charge in [0.05, 0.1) is 0 Å². The number of benzene rings is 4. The number of ether oxygens (including phenoxy) is 4. The topological polar surface area (TPSA) is 105 Å². The quantitative estimate of drug-likeness (QED) is 0.0741. The third-order valence-corrected chi connectivity index (χ3v) is 9.40. The Morgan fingerprint density at radius 1 is 0.370 bits per heavy atom. The van der Waals surface area contributed by atoms with Crippen LogP contribution in [0, 0.1) is 0 Å². The number of esters is 4. The van der Waals surface area contributed by atoms with Crippen molar-refractivity contribution >= 4 is 87.6 Å². The Labute approximate surface area is 350 Å². The summed E-state index contributed by atoms with van der Waals surface area (Å²) in [6.07, 6.45) is 0. The molecule has 0 fully saturated rings. The minimum atomic E-state index is -1.03. The number of hydrogen-bond acceptors (Lipinski definition) is 8. The van der Waals surface area contributed by atoms with Gasteiger partial charge in [-0.3, -0.25) is 19.2 Å². The highest BCUT2D eigenvalue weighted by Gasteiger charge is 2.39. The van der Waals surface area contributed by atoms with E-state index in [2.05, 4.69) is 63.7 Å². The van der Waals surface area contributed by atoms with Gasteiger partial charge in [0, 0.05) is 34.1 Å². The molecular weight excluding hydrogens is 952 g/mol. The lowest BCUT2D eigenvalue weighted by Gasteiger charge is -2.33. The highest BCUT2D eigenvalue weighted by Crippen LogP contribution is 2.52. The van der Waals surface area contributed by atoms with Crippen molar-refractivity contribution in [2.75, 3.05) is 0 Å². The molecule has 0 heterocycles. The SMILES string of the molecule is CC(C)(Br)C(=O)Oc1ccccc1C(c1ccccc1OC(=O)C(C)(C)Br)C(c1ccccc1OC(=O)C(C)(C)Br)c1ccccc1OC(=O)C(C)(C)Br. The zero-order chi connectivity index (χ0) is 40.2. The Hall–Kier alpha value is -3.32. The molecule has 0 saturated carbocycles. The van der Waals surface area contributed by atoms with E-state index >= 15 is 0 Å². The Balaban J connectivity index is 2.18. The van der Waals surface area contributed by atoms with Crippen molar-refractivity contribution in [3.05, 3.63) is 119 Å². The molecule has 0 amide bonds. The van der Waals surface area contributed by atoms with Crippen LogP contribution in [0.4, 0.5) is 0 Å². The number of para-hydroxylation sites is 4. The molecule has 8 nitrogen and oxygen atoms in total. The Morgan fingerprint density at radius 3 is 0.704 bits per heavy atom. The number of carbonyl (C=O) groups is 4. The van der Waals surface area contributed by atoms with Crippen LogP contribution in [0.15, 0.2) is 97.1 Å². The molecule has 0 unspecified atom stereocenters. The van der Waals surface area contributed by atoms with Gasteiger partial charge in [-0.05, 0) is 79.7 Å². The Morgan fingerprint density at radius 2 is 0.537 bits per heavy atom. The normalized spacial score (nSPS) is 12.3. The van der Waals surface area contributed by atoms with E-state index in [-0.39, 0.29) is 23.0 Å². The molecule has 0 saturated heterocycles. The maximum absolute atomic E-state index is 13.4. The van der Waals surface area contributed by atoms with E-state index in [4.69, 9.17) is 18.9 Å². The van der Waals surface area contributed by atoms with Crippen LogP contribution in [0.1, 0.15) is 89.5 Å². The second-order valence-electron chi connectivity index (χ2n) is 14.6. The summed E-state index contributed by atoms with van der Waals surface area (Å²) >= 11 is 13.7. The summed E-state index contributed by atoms with van der Waals surface area (Å²) in [5.74, 6) is -2.94. The largest absolute Gasteiger partial charge is 0.425 e. The van der Waals surface area contributed by atoms with Crippen LogP contribution in [-0.4, -0.2) is 41.2 Å². The maximum atomic E-state index is 13.4. The summed E-state index contributed by atoms with van der Waals surface area (Å²) in [4.78, 5) is 53.8. The maximum Gasteiger partial charge on any atom is 0.327 e. The van der Waals surface area contributed by atoms with Gasteiger partial charge in [-0.2, -0.15) is 0 Å². The van der Waals surface area contributed by atoms with Gasteiger partial charge in [-0.25, -0.2) is 0 Å². The molecule has 0 radical (unpaired) electrons. The molecule has 0 aliphatic rings. The zero-order valence-electron chi connectivity index (χ0n) is 31.2. The molecule has 4 aromatic carbocycles. The standard InChI is InChI=1S/C42H42Br4O8/c1-39(2,43)35(47)51-29-21-13-9-17-25(29)33(26-18-10-14-22-30(26)52-36(48)40(3,4)44)34(27-19-11-15-23-31(27)53-37(49)41(5,6)45)28-20-12-16-24-32(28)54-38(50)42(7,8)46/h9-24,33-34H,1-8H3. The first-order valence-electron chi connectivity index (χ1n) is 17.0. The van der Waals surface area contributed by atoms with Crippen LogP contribution < -0.4 is 18.9 Å². The molecule has 0 N–H and O–H groups in total. The molecule has 4 aromatic rings. The second kappa shape index (κ2) is 17.2. The lowest BCUT2D eigenvalue weighted by atomic mass is 9.72. The predicted octanol–water partition coefficient (Wildman–Crippen LogP) is 11.0. The highest BCUT2D eigenvalue weighted by atomic mass is 79.9. The fourth-order valence-electron chi connectivity index (χ4n) is 5.26. The molecule has 4 rings (SSSR count). The lowest BCUT2D eigenvalue weighted by molar-refractivity contribution is -0.137. The lowest BCUT2D eigenvalue weighted by Crippen LogP contribution is -2.31. The third-order valence-electron chi connectivity index (χ3n) is 8.10. The molecule has 54 heavy (non-hydrogen) atoms. The van der Waals surface area contributed by atoms with Crippen molar-refractivity contribution in [3.8, 4) is 23.0 Å². The number of carbonyl (C=O) groups excluding carboxylic acids is 4. The van der Waals surface area contributed by atoms with E-state index in [0.29, 0.717) is 22.3 Å². The van der Waals surface area contributed by atoms with Crippen LogP contribution in [0.3, 0.4) is 0 Å². The molecule has 0 aliphatic carbocycles. The monoisotopic (exact) mass is 990 g/mol. The van der Waals surface area contributed by atoms with E-state index in [1.807, 2.05) is 48.5 Å². The number of rotatable bonds is 13. The zero-order valence-corrected chi connectivity index (χ0v) is 37.5. The summed E-state index contributed by atoms with van der Waals surface area (Å²) in [5.41, 5.74) is 2.10. The number of halogens is 4. The summed E-state index contributed by atoms with van der Waals surface area (Å²) < 4.78 is 20.3. The summed E-state index contributed by atoms with van der Waals surface area (Å²) in [6, 6.07) is 28.3. The molecule has 12 heteroatoms. The first-order valence-corrected chi connectivity index (χ1v) is 20.2. The Bertz CT molecular complexity index is 1730. The minimum Gasteiger partial charge on any atom is -0.425 e. The molecule has 0 bridgehead atoms. The number of alkyl halides is 4. The molecule has 0 aliphatic heterocycles. The van der Waals surface area contributed by atoms with E-state index in [1.54, 1.807) is 104 Å². The Kier molecular flexibility index (Phi) is 13.8. The first kappa shape index (κ1) is 43.4. The molecule has 286 valence electrons. The molecule has 0 atom stereocenters. The van der Waals surface area contributed by atoms with Gasteiger partial charge in [0.1, 0.15) is 40.3 Å². The second-order valence-corrected chi connectivity index (χ2v) is 22.5. The molecule has 0 aromatic heterocycles. The average molecular weight is 994 g/mol. The first-order chi connectivity index (χ1) is 25.0. The van der Waals surface area contributed by atoms with Gasteiger partial charge in [0.2, 0.25) is 0 Å². The average Bonchev–Trinajstić information content (AvgIpc) is 3.07. The van der Waals surface area contributed by atoms with Crippen molar-refractivity contribution < 1.29 is 38.1 Å². The molecular formula is C42H42Br4O8. The van der Waals surface area contributed by atoms with Gasteiger partial charge >= 0.3 is 23.9 Å². The van der Waals surface area contributed by atoms with Gasteiger partial charge in [-0.15, -0.1) is 0 Å². The van der Waals surface area contributed by atoms with Crippen LogP contribution in [0.2, 0.25) is 0 Å². The van der Waals surface area contributed by atoms with Gasteiger partial charge in [0.15, 0.2) is 0 Å². The predicted molar refractivity (Wildman–Crippen MR) is 224 cm³/mol. The smallest absolute Gasteiger partial charge is 0.327 e. The molecule has 0 spiro atoms. The van der Waals surface area contributed by atoms with Crippen molar-refractivity contribution in [3.63, 3.8) is 0 Å². The van der Waals surface area contributed by atoms with Gasteiger partial charge in [-0.1, -0.05) is 137 Å². The summed E-state index contributed by atoms with van der Waals surface area (Å²) in [7, 11) is 0. The van der Waals surface area contributed by atoms with Crippen LogP contribution >= 0.6 is 63.7 Å². The van der Waals surface area contributed by atoms with Crippen LogP contribution in [-0.2, 0) is 19.2 Å². The van der Waals surface area contributed by atoms with Crippen molar-refractivity contribution in [2.45, 2.75) is 84.5 Å². The van der Waals surface area contributed by atoms with E-state index in [9.17, 15) is 19.2 Å². The highest BCUT2D eigenvalue weighted by molar-refractivity contribution is 9.10. The van der Waals surface area contributed by atoms with Gasteiger partial charge < -0.3 is 18.9 Å². The van der Waals surface area contributed by atoms with Crippen molar-refractivity contribution in [1.82, 2.24) is 0 Å². The minimum absolute atomic E-state index is 0.235. The van der Waals surface area contributed by atoms with Crippen LogP contribution in [0.25, 0.3) is 0 Å². The van der Waals surface area contributed by atoms with Crippen molar-refractivity contribution in [1.29, 1.82) is 0 Å². The summed E-state index contributed by atoms with van der Waals surface area (Å²) in [6.45, 7) is 13.5. The number of hydrogen-bond donors (Lipinski definition) is 0.